The normalized spacial score (nSPS) is 14.1. The molecule has 0 heterocycles. The molecule has 1 aromatic carbocycles. The summed E-state index contributed by atoms with van der Waals surface area (Å²) in [6.45, 7) is 1.96. The van der Waals surface area contributed by atoms with Gasteiger partial charge in [0.15, 0.2) is 0 Å². The van der Waals surface area contributed by atoms with Gasteiger partial charge in [0.1, 0.15) is 6.07 Å². The Labute approximate surface area is 105 Å². The first-order chi connectivity index (χ1) is 8.20. The summed E-state index contributed by atoms with van der Waals surface area (Å²) < 4.78 is 0. The molecular formula is C13H14N2OS. The highest BCUT2D eigenvalue weighted by atomic mass is 32.2. The summed E-state index contributed by atoms with van der Waals surface area (Å²) in [5, 5.41) is 11.9. The average molecular weight is 246 g/mol. The van der Waals surface area contributed by atoms with E-state index in [1.54, 1.807) is 6.07 Å². The van der Waals surface area contributed by atoms with Crippen molar-refractivity contribution >= 4 is 17.7 Å². The van der Waals surface area contributed by atoms with Crippen molar-refractivity contribution in [2.24, 2.45) is 0 Å². The molecule has 1 N–H and O–H groups in total. The van der Waals surface area contributed by atoms with Gasteiger partial charge in [-0.25, -0.2) is 0 Å². The van der Waals surface area contributed by atoms with Crippen LogP contribution in [0.4, 0.5) is 0 Å². The molecule has 88 valence electrons. The molecule has 1 saturated carbocycles. The first kappa shape index (κ1) is 12.0. The fraction of sp³-hybridized carbons (Fsp3) is 0.385. The average Bonchev–Trinajstić information content (AvgIpc) is 3.11. The summed E-state index contributed by atoms with van der Waals surface area (Å²) >= 11 is 1.44. The lowest BCUT2D eigenvalue weighted by Gasteiger charge is -2.07. The maximum absolute atomic E-state index is 11.6. The van der Waals surface area contributed by atoms with E-state index in [1.165, 1.54) is 11.8 Å². The van der Waals surface area contributed by atoms with Gasteiger partial charge < -0.3 is 5.32 Å². The third-order valence-electron chi connectivity index (χ3n) is 2.62. The Balaban J connectivity index is 1.98. The van der Waals surface area contributed by atoms with Crippen molar-refractivity contribution in [2.45, 2.75) is 30.7 Å². The molecular weight excluding hydrogens is 232 g/mol. The Hall–Kier alpha value is -1.47. The molecule has 2 rings (SSSR count). The monoisotopic (exact) mass is 246 g/mol. The zero-order valence-electron chi connectivity index (χ0n) is 9.69. The zero-order valence-corrected chi connectivity index (χ0v) is 10.5. The lowest BCUT2D eigenvalue weighted by molar-refractivity contribution is -0.118. The minimum atomic E-state index is 0.0599. The van der Waals surface area contributed by atoms with Crippen LogP contribution in [0, 0.1) is 18.3 Å². The fourth-order valence-electron chi connectivity index (χ4n) is 1.57. The van der Waals surface area contributed by atoms with Gasteiger partial charge in [0, 0.05) is 10.9 Å². The Bertz CT molecular complexity index is 475. The van der Waals surface area contributed by atoms with E-state index in [2.05, 4.69) is 11.4 Å². The molecule has 0 atom stereocenters. The second-order valence-corrected chi connectivity index (χ2v) is 5.18. The highest BCUT2D eigenvalue weighted by Crippen LogP contribution is 2.26. The number of nitriles is 1. The number of amides is 1. The number of carbonyl (C=O) groups is 1. The molecule has 1 aliphatic rings. The third kappa shape index (κ3) is 3.24. The number of hydrogen-bond donors (Lipinski definition) is 1. The molecule has 0 aliphatic heterocycles. The maximum atomic E-state index is 11.6. The van der Waals surface area contributed by atoms with Crippen molar-refractivity contribution in [1.82, 2.24) is 5.32 Å². The SMILES string of the molecule is Cc1cccc(C#N)c1SCC(=O)NC1CC1. The Kier molecular flexibility index (Phi) is 3.70. The minimum Gasteiger partial charge on any atom is -0.353 e. The van der Waals surface area contributed by atoms with Gasteiger partial charge in [-0.15, -0.1) is 11.8 Å². The van der Waals surface area contributed by atoms with Gasteiger partial charge >= 0.3 is 0 Å². The molecule has 1 aliphatic carbocycles. The van der Waals surface area contributed by atoms with Crippen molar-refractivity contribution in [3.8, 4) is 6.07 Å². The lowest BCUT2D eigenvalue weighted by atomic mass is 10.1. The largest absolute Gasteiger partial charge is 0.353 e. The topological polar surface area (TPSA) is 52.9 Å². The Morgan fingerprint density at radius 1 is 1.59 bits per heavy atom. The summed E-state index contributed by atoms with van der Waals surface area (Å²) in [5.74, 6) is 0.445. The number of benzene rings is 1. The number of aryl methyl sites for hydroxylation is 1. The maximum Gasteiger partial charge on any atom is 0.230 e. The Morgan fingerprint density at radius 2 is 2.35 bits per heavy atom. The van der Waals surface area contributed by atoms with Crippen molar-refractivity contribution in [3.63, 3.8) is 0 Å². The molecule has 4 heteroatoms. The quantitative estimate of drug-likeness (QED) is 0.829. The number of thioether (sulfide) groups is 1. The second-order valence-electron chi connectivity index (χ2n) is 4.19. The van der Waals surface area contributed by atoms with Gasteiger partial charge in [0.05, 0.1) is 11.3 Å². The molecule has 3 nitrogen and oxygen atoms in total. The summed E-state index contributed by atoms with van der Waals surface area (Å²) in [5.41, 5.74) is 1.70. The summed E-state index contributed by atoms with van der Waals surface area (Å²) in [6, 6.07) is 8.17. The second kappa shape index (κ2) is 5.24. The summed E-state index contributed by atoms with van der Waals surface area (Å²) in [6.07, 6.45) is 2.20. The van der Waals surface area contributed by atoms with E-state index >= 15 is 0 Å². The van der Waals surface area contributed by atoms with Gasteiger partial charge in [-0.2, -0.15) is 5.26 Å². The van der Waals surface area contributed by atoms with E-state index in [1.807, 2.05) is 19.1 Å². The van der Waals surface area contributed by atoms with Crippen LogP contribution in [0.5, 0.6) is 0 Å². The molecule has 1 fully saturated rings. The predicted octanol–water partition coefficient (Wildman–Crippen LogP) is 2.24. The van der Waals surface area contributed by atoms with Gasteiger partial charge in [-0.1, -0.05) is 12.1 Å². The smallest absolute Gasteiger partial charge is 0.230 e. The lowest BCUT2D eigenvalue weighted by Crippen LogP contribution is -2.27. The van der Waals surface area contributed by atoms with Crippen LogP contribution in [0.3, 0.4) is 0 Å². The van der Waals surface area contributed by atoms with Crippen LogP contribution in [-0.4, -0.2) is 17.7 Å². The number of nitrogens with zero attached hydrogens (tertiary/aromatic N) is 1. The van der Waals surface area contributed by atoms with Gasteiger partial charge in [-0.3, -0.25) is 4.79 Å². The van der Waals surface area contributed by atoms with E-state index in [9.17, 15) is 4.79 Å². The molecule has 1 amide bonds. The van der Waals surface area contributed by atoms with Crippen molar-refractivity contribution in [2.75, 3.05) is 5.75 Å². The van der Waals surface area contributed by atoms with Crippen LogP contribution in [0.2, 0.25) is 0 Å². The van der Waals surface area contributed by atoms with Crippen molar-refractivity contribution < 1.29 is 4.79 Å². The Morgan fingerprint density at radius 3 is 3.00 bits per heavy atom. The van der Waals surface area contributed by atoms with E-state index in [0.29, 0.717) is 17.4 Å². The molecule has 17 heavy (non-hydrogen) atoms. The van der Waals surface area contributed by atoms with Gasteiger partial charge in [0.25, 0.3) is 0 Å². The summed E-state index contributed by atoms with van der Waals surface area (Å²) in [4.78, 5) is 12.5. The van der Waals surface area contributed by atoms with Crippen molar-refractivity contribution in [1.29, 1.82) is 5.26 Å². The van der Waals surface area contributed by atoms with Crippen LogP contribution in [0.1, 0.15) is 24.0 Å². The number of rotatable bonds is 4. The van der Waals surface area contributed by atoms with Gasteiger partial charge in [0.2, 0.25) is 5.91 Å². The highest BCUT2D eigenvalue weighted by molar-refractivity contribution is 8.00. The number of nitrogens with one attached hydrogen (secondary N) is 1. The predicted molar refractivity (Wildman–Crippen MR) is 67.8 cm³/mol. The van der Waals surface area contributed by atoms with Crippen LogP contribution >= 0.6 is 11.8 Å². The first-order valence-corrected chi connectivity index (χ1v) is 6.61. The molecule has 0 saturated heterocycles. The van der Waals surface area contributed by atoms with Crippen molar-refractivity contribution in [3.05, 3.63) is 29.3 Å². The first-order valence-electron chi connectivity index (χ1n) is 5.62. The third-order valence-corrected chi connectivity index (χ3v) is 3.86. The number of hydrogen-bond acceptors (Lipinski definition) is 3. The van der Waals surface area contributed by atoms with E-state index in [4.69, 9.17) is 5.26 Å². The summed E-state index contributed by atoms with van der Waals surface area (Å²) in [7, 11) is 0. The standard InChI is InChI=1S/C13H14N2OS/c1-9-3-2-4-10(7-14)13(9)17-8-12(16)15-11-5-6-11/h2-4,11H,5-6,8H2,1H3,(H,15,16). The zero-order chi connectivity index (χ0) is 12.3. The molecule has 0 radical (unpaired) electrons. The van der Waals surface area contributed by atoms with Crippen LogP contribution in [0.25, 0.3) is 0 Å². The highest BCUT2D eigenvalue weighted by Gasteiger charge is 2.23. The van der Waals surface area contributed by atoms with Crippen LogP contribution < -0.4 is 5.32 Å². The molecule has 0 unspecified atom stereocenters. The molecule has 0 bridgehead atoms. The van der Waals surface area contributed by atoms with E-state index in [0.717, 1.165) is 23.3 Å². The van der Waals surface area contributed by atoms with Crippen LogP contribution in [0.15, 0.2) is 23.1 Å². The van der Waals surface area contributed by atoms with Crippen LogP contribution in [-0.2, 0) is 4.79 Å². The van der Waals surface area contributed by atoms with Gasteiger partial charge in [-0.05, 0) is 31.4 Å². The van der Waals surface area contributed by atoms with E-state index in [-0.39, 0.29) is 5.91 Å². The van der Waals surface area contributed by atoms with E-state index < -0.39 is 0 Å². The molecule has 1 aromatic rings. The fourth-order valence-corrected chi connectivity index (χ4v) is 2.49. The minimum absolute atomic E-state index is 0.0599. The molecule has 0 aromatic heterocycles. The molecule has 0 spiro atoms. The number of carbonyl (C=O) groups excluding carboxylic acids is 1.